The van der Waals surface area contributed by atoms with E-state index in [4.69, 9.17) is 15.5 Å². The van der Waals surface area contributed by atoms with E-state index < -0.39 is 0 Å². The summed E-state index contributed by atoms with van der Waals surface area (Å²) >= 11 is 0. The van der Waals surface area contributed by atoms with Gasteiger partial charge >= 0.3 is 0 Å². The lowest BCUT2D eigenvalue weighted by atomic mass is 9.51. The van der Waals surface area contributed by atoms with Crippen LogP contribution in [0.15, 0.2) is 42.6 Å². The summed E-state index contributed by atoms with van der Waals surface area (Å²) in [6, 6.07) is 10.5. The molecule has 7 rings (SSSR count). The maximum absolute atomic E-state index is 14.2. The molecule has 1 aromatic carbocycles. The largest absolute Gasteiger partial charge is 0.496 e. The Bertz CT molecular complexity index is 1310. The van der Waals surface area contributed by atoms with Crippen LogP contribution in [0, 0.1) is 24.2 Å². The quantitative estimate of drug-likeness (QED) is 0.341. The highest BCUT2D eigenvalue weighted by Gasteiger charge is 2.50. The van der Waals surface area contributed by atoms with Crippen LogP contribution in [-0.2, 0) is 15.0 Å². The van der Waals surface area contributed by atoms with Gasteiger partial charge in [0.05, 0.1) is 7.11 Å². The molecule has 0 aliphatic heterocycles. The number of amides is 1. The number of nitrogens with two attached hydrogens (primary N) is 1. The predicted octanol–water partition coefficient (Wildman–Crippen LogP) is 6.88. The van der Waals surface area contributed by atoms with Crippen LogP contribution in [0.5, 0.6) is 5.75 Å². The number of nitrogens with zero attached hydrogens (tertiary/aromatic N) is 2. The molecule has 0 radical (unpaired) electrons. The Labute approximate surface area is 244 Å². The van der Waals surface area contributed by atoms with Crippen LogP contribution in [0.4, 0.5) is 5.82 Å². The summed E-state index contributed by atoms with van der Waals surface area (Å²) in [6.45, 7) is 2.84. The van der Waals surface area contributed by atoms with Gasteiger partial charge in [-0.05, 0) is 111 Å². The van der Waals surface area contributed by atoms with Crippen molar-refractivity contribution >= 4 is 23.2 Å². The molecule has 1 heterocycles. The van der Waals surface area contributed by atoms with E-state index in [0.29, 0.717) is 18.1 Å². The second kappa shape index (κ2) is 11.3. The smallest absolute Gasteiger partial charge is 0.231 e. The monoisotopic (exact) mass is 555 g/mol. The van der Waals surface area contributed by atoms with Crippen molar-refractivity contribution in [1.29, 1.82) is 0 Å². The first-order valence-corrected chi connectivity index (χ1v) is 15.8. The maximum Gasteiger partial charge on any atom is 0.231 e. The Kier molecular flexibility index (Phi) is 7.69. The van der Waals surface area contributed by atoms with E-state index in [2.05, 4.69) is 25.1 Å². The van der Waals surface area contributed by atoms with Crippen LogP contribution < -0.4 is 15.4 Å². The molecule has 5 aliphatic rings. The number of rotatable bonds is 9. The van der Waals surface area contributed by atoms with Crippen molar-refractivity contribution in [3.05, 3.63) is 59.3 Å². The minimum atomic E-state index is 0.0588. The molecule has 6 nitrogen and oxygen atoms in total. The van der Waals surface area contributed by atoms with Crippen molar-refractivity contribution < 1.29 is 14.3 Å². The summed E-state index contributed by atoms with van der Waals surface area (Å²) in [5.41, 5.74) is 10.6. The zero-order valence-corrected chi connectivity index (χ0v) is 24.8. The second-order valence-electron chi connectivity index (χ2n) is 13.4. The van der Waals surface area contributed by atoms with Gasteiger partial charge in [-0.3, -0.25) is 14.5 Å². The summed E-state index contributed by atoms with van der Waals surface area (Å²) in [7, 11) is 1.74. The SMILES string of the molecule is COc1ccc(C23CCC(CN(C(=O)C4CCCCC4)c4cc(/C(N)=C/C(=O)C5CC5)ccn4)(CC2)CC3)cc1C. The third-order valence-electron chi connectivity index (χ3n) is 10.8. The summed E-state index contributed by atoms with van der Waals surface area (Å²) in [5, 5.41) is 0. The number of benzene rings is 1. The second-order valence-corrected chi connectivity index (χ2v) is 13.4. The number of ketones is 1. The molecule has 2 N–H and O–H groups in total. The highest BCUT2D eigenvalue weighted by molar-refractivity contribution is 5.99. The number of anilines is 1. The van der Waals surface area contributed by atoms with E-state index in [1.54, 1.807) is 19.4 Å². The number of carbonyl (C=O) groups is 2. The van der Waals surface area contributed by atoms with E-state index in [1.807, 2.05) is 17.0 Å². The highest BCUT2D eigenvalue weighted by atomic mass is 16.5. The van der Waals surface area contributed by atoms with Gasteiger partial charge in [0.15, 0.2) is 5.78 Å². The van der Waals surface area contributed by atoms with Crippen molar-refractivity contribution in [2.24, 2.45) is 23.0 Å². The first kappa shape index (κ1) is 28.0. The number of pyridine rings is 1. The minimum absolute atomic E-state index is 0.0588. The summed E-state index contributed by atoms with van der Waals surface area (Å²) in [5.74, 6) is 2.14. The normalized spacial score (nSPS) is 26.5. The van der Waals surface area contributed by atoms with Crippen LogP contribution in [0.1, 0.15) is 100 Å². The zero-order valence-electron chi connectivity index (χ0n) is 24.8. The Hall–Kier alpha value is -3.15. The first-order valence-electron chi connectivity index (χ1n) is 15.8. The van der Waals surface area contributed by atoms with Gasteiger partial charge in [-0.2, -0.15) is 0 Å². The molecule has 1 aromatic heterocycles. The number of hydrogen-bond acceptors (Lipinski definition) is 5. The number of ether oxygens (including phenoxy) is 1. The van der Waals surface area contributed by atoms with Crippen LogP contribution in [0.25, 0.3) is 5.70 Å². The van der Waals surface area contributed by atoms with Gasteiger partial charge in [0.1, 0.15) is 11.6 Å². The van der Waals surface area contributed by atoms with E-state index in [0.717, 1.165) is 88.4 Å². The number of carbonyl (C=O) groups excluding carboxylic acids is 2. The molecule has 218 valence electrons. The molecule has 0 spiro atoms. The summed E-state index contributed by atoms with van der Waals surface area (Å²) in [6.07, 6.45) is 17.4. The van der Waals surface area contributed by atoms with E-state index in [1.165, 1.54) is 17.5 Å². The summed E-state index contributed by atoms with van der Waals surface area (Å²) in [4.78, 5) is 33.3. The third kappa shape index (κ3) is 5.67. The van der Waals surface area contributed by atoms with Crippen molar-refractivity contribution in [2.75, 3.05) is 18.6 Å². The van der Waals surface area contributed by atoms with Gasteiger partial charge in [0, 0.05) is 41.9 Å². The lowest BCUT2D eigenvalue weighted by molar-refractivity contribution is -0.124. The average Bonchev–Trinajstić information content (AvgIpc) is 3.87. The summed E-state index contributed by atoms with van der Waals surface area (Å²) < 4.78 is 5.52. The first-order chi connectivity index (χ1) is 19.8. The molecule has 6 heteroatoms. The minimum Gasteiger partial charge on any atom is -0.496 e. The Morgan fingerprint density at radius 3 is 2.32 bits per heavy atom. The number of methoxy groups -OCH3 is 1. The molecule has 2 aromatic rings. The number of hydrogen-bond donors (Lipinski definition) is 1. The average molecular weight is 556 g/mol. The molecular weight excluding hydrogens is 510 g/mol. The van der Waals surface area contributed by atoms with Gasteiger partial charge in [-0.15, -0.1) is 0 Å². The van der Waals surface area contributed by atoms with Gasteiger partial charge in [-0.1, -0.05) is 31.4 Å². The molecule has 0 saturated heterocycles. The predicted molar refractivity (Wildman–Crippen MR) is 163 cm³/mol. The molecule has 5 aliphatic carbocycles. The van der Waals surface area contributed by atoms with Gasteiger partial charge in [0.2, 0.25) is 5.91 Å². The lowest BCUT2D eigenvalue weighted by Crippen LogP contribution is -2.51. The molecule has 0 unspecified atom stereocenters. The third-order valence-corrected chi connectivity index (χ3v) is 10.8. The molecule has 41 heavy (non-hydrogen) atoms. The van der Waals surface area contributed by atoms with E-state index >= 15 is 0 Å². The standard InChI is InChI=1S/C35H45N3O3/c1-24-20-28(10-11-31(24)41-2)35-16-13-34(14-17-35,15-18-35)23-38(33(40)26-6-4-3-5-7-26)32-21-27(12-19-37-32)29(36)22-30(39)25-8-9-25/h10-12,19-22,25-26H,3-9,13-18,23,36H2,1-2H3/b29-22-. The van der Waals surface area contributed by atoms with Crippen LogP contribution in [-0.4, -0.2) is 30.3 Å². The Balaban J connectivity index is 1.25. The van der Waals surface area contributed by atoms with Crippen LogP contribution in [0.3, 0.4) is 0 Å². The van der Waals surface area contributed by atoms with Crippen molar-refractivity contribution in [3.63, 3.8) is 0 Å². The molecule has 5 saturated carbocycles. The highest BCUT2D eigenvalue weighted by Crippen LogP contribution is 2.58. The number of fused-ring (bicyclic) bond motifs is 3. The van der Waals surface area contributed by atoms with Crippen molar-refractivity contribution in [3.8, 4) is 5.75 Å². The Morgan fingerprint density at radius 1 is 0.976 bits per heavy atom. The molecule has 1 amide bonds. The zero-order chi connectivity index (χ0) is 28.6. The van der Waals surface area contributed by atoms with Gasteiger partial charge < -0.3 is 10.5 Å². The van der Waals surface area contributed by atoms with Crippen molar-refractivity contribution in [2.45, 2.75) is 95.8 Å². The molecule has 2 bridgehead atoms. The van der Waals surface area contributed by atoms with Crippen LogP contribution >= 0.6 is 0 Å². The van der Waals surface area contributed by atoms with E-state index in [9.17, 15) is 9.59 Å². The Morgan fingerprint density at radius 2 is 1.68 bits per heavy atom. The molecular formula is C35H45N3O3. The topological polar surface area (TPSA) is 85.5 Å². The number of allylic oxidation sites excluding steroid dienone is 1. The number of aryl methyl sites for hydroxylation is 1. The fraction of sp³-hybridized carbons (Fsp3) is 0.571. The molecule has 5 fully saturated rings. The fourth-order valence-electron chi connectivity index (χ4n) is 7.79. The number of aromatic nitrogens is 1. The van der Waals surface area contributed by atoms with Crippen molar-refractivity contribution in [1.82, 2.24) is 4.98 Å². The van der Waals surface area contributed by atoms with E-state index in [-0.39, 0.29) is 34.4 Å². The van der Waals surface area contributed by atoms with Crippen LogP contribution in [0.2, 0.25) is 0 Å². The maximum atomic E-state index is 14.2. The fourth-order valence-corrected chi connectivity index (χ4v) is 7.79. The van der Waals surface area contributed by atoms with Gasteiger partial charge in [-0.25, -0.2) is 4.98 Å². The van der Waals surface area contributed by atoms with Gasteiger partial charge in [0.25, 0.3) is 0 Å². The molecule has 0 atom stereocenters. The lowest BCUT2D eigenvalue weighted by Gasteiger charge is -2.55.